The number of hydrogen-bond acceptors (Lipinski definition) is 8. The molecule has 0 saturated heterocycles. The number of nitrogens with zero attached hydrogens (tertiary/aromatic N) is 2. The quantitative estimate of drug-likeness (QED) is 0.172. The summed E-state index contributed by atoms with van der Waals surface area (Å²) in [6.07, 6.45) is 3.01. The fourth-order valence-corrected chi connectivity index (χ4v) is 6.16. The van der Waals surface area contributed by atoms with E-state index in [4.69, 9.17) is 23.6 Å². The molecule has 0 amide bonds. The molecule has 8 nitrogen and oxygen atoms in total. The number of benzene rings is 2. The molecular weight excluding hydrogens is 655 g/mol. The van der Waals surface area contributed by atoms with Gasteiger partial charge in [-0.3, -0.25) is 9.36 Å². The summed E-state index contributed by atoms with van der Waals surface area (Å²) in [4.78, 5) is 32.8. The third-order valence-corrected chi connectivity index (χ3v) is 8.35. The second-order valence-corrected chi connectivity index (χ2v) is 11.5. The lowest BCUT2D eigenvalue weighted by atomic mass is 9.93. The van der Waals surface area contributed by atoms with Crippen LogP contribution in [0.15, 0.2) is 80.1 Å². The number of hydrogen-bond donors (Lipinski definition) is 0. The highest BCUT2D eigenvalue weighted by molar-refractivity contribution is 14.1. The molecule has 212 valence electrons. The van der Waals surface area contributed by atoms with E-state index in [1.54, 1.807) is 50.0 Å². The van der Waals surface area contributed by atoms with Crippen LogP contribution in [0.5, 0.6) is 11.5 Å². The third kappa shape index (κ3) is 5.76. The van der Waals surface area contributed by atoms with Gasteiger partial charge in [0, 0.05) is 20.8 Å². The second-order valence-electron chi connectivity index (χ2n) is 9.23. The van der Waals surface area contributed by atoms with Crippen LogP contribution in [-0.4, -0.2) is 31.4 Å². The number of methoxy groups -OCH3 is 2. The van der Waals surface area contributed by atoms with Crippen molar-refractivity contribution in [2.45, 2.75) is 32.7 Å². The molecular formula is C31H29IN2O6S. The molecule has 0 bridgehead atoms. The number of carbonyl (C=O) groups excluding carboxylic acids is 1. The van der Waals surface area contributed by atoms with Crippen LogP contribution in [0.4, 0.5) is 0 Å². The zero-order chi connectivity index (χ0) is 29.1. The van der Waals surface area contributed by atoms with E-state index in [2.05, 4.69) is 22.6 Å². The highest BCUT2D eigenvalue weighted by atomic mass is 127. The Bertz CT molecular complexity index is 1800. The molecule has 0 N–H and O–H groups in total. The number of allylic oxidation sites excluding steroid dienone is 1. The molecule has 10 heteroatoms. The fourth-order valence-electron chi connectivity index (χ4n) is 4.80. The van der Waals surface area contributed by atoms with Crippen LogP contribution in [0.2, 0.25) is 0 Å². The van der Waals surface area contributed by atoms with Gasteiger partial charge in [0.25, 0.3) is 5.56 Å². The monoisotopic (exact) mass is 684 g/mol. The summed E-state index contributed by atoms with van der Waals surface area (Å²) in [5.74, 6) is 1.81. The Hall–Kier alpha value is -3.64. The van der Waals surface area contributed by atoms with Crippen LogP contribution in [0.25, 0.3) is 17.4 Å². The van der Waals surface area contributed by atoms with Gasteiger partial charge in [0.15, 0.2) is 4.80 Å². The molecule has 0 saturated carbocycles. The minimum Gasteiger partial charge on any atom is -0.497 e. The van der Waals surface area contributed by atoms with Gasteiger partial charge in [-0.15, -0.1) is 0 Å². The van der Waals surface area contributed by atoms with E-state index in [0.29, 0.717) is 55.6 Å². The zero-order valence-electron chi connectivity index (χ0n) is 23.1. The SMILES string of the molecule is CCCC1=C(C(=O)OCC)[C@H](c2cc(OC)ccc2OC)n2c(s/c(=C\c3ccc(-c4ccc(I)cc4)o3)c2=O)=N1. The van der Waals surface area contributed by atoms with Gasteiger partial charge in [0.2, 0.25) is 0 Å². The summed E-state index contributed by atoms with van der Waals surface area (Å²) in [5.41, 5.74) is 2.16. The topological polar surface area (TPSA) is 92.3 Å². The van der Waals surface area contributed by atoms with Crippen molar-refractivity contribution < 1.29 is 23.4 Å². The Morgan fingerprint density at radius 3 is 2.56 bits per heavy atom. The number of esters is 1. The average molecular weight is 685 g/mol. The summed E-state index contributed by atoms with van der Waals surface area (Å²) in [6.45, 7) is 3.96. The lowest BCUT2D eigenvalue weighted by Crippen LogP contribution is -2.40. The average Bonchev–Trinajstić information content (AvgIpc) is 3.56. The van der Waals surface area contributed by atoms with Crippen molar-refractivity contribution in [2.75, 3.05) is 20.8 Å². The minimum absolute atomic E-state index is 0.190. The molecule has 0 radical (unpaired) electrons. The van der Waals surface area contributed by atoms with Crippen LogP contribution in [0, 0.1) is 3.57 Å². The van der Waals surface area contributed by atoms with Crippen molar-refractivity contribution in [1.29, 1.82) is 0 Å². The van der Waals surface area contributed by atoms with Crippen LogP contribution in [0.3, 0.4) is 0 Å². The number of carbonyl (C=O) groups is 1. The first-order valence-electron chi connectivity index (χ1n) is 13.2. The molecule has 41 heavy (non-hydrogen) atoms. The van der Waals surface area contributed by atoms with Gasteiger partial charge in [0.05, 0.1) is 36.6 Å². The maximum atomic E-state index is 14.1. The number of fused-ring (bicyclic) bond motifs is 1. The lowest BCUT2D eigenvalue weighted by molar-refractivity contribution is -0.139. The molecule has 3 heterocycles. The number of furan rings is 1. The highest BCUT2D eigenvalue weighted by Crippen LogP contribution is 2.38. The fraction of sp³-hybridized carbons (Fsp3) is 0.258. The Morgan fingerprint density at radius 2 is 1.88 bits per heavy atom. The highest BCUT2D eigenvalue weighted by Gasteiger charge is 2.36. The van der Waals surface area contributed by atoms with E-state index < -0.39 is 12.0 Å². The van der Waals surface area contributed by atoms with Crippen LogP contribution >= 0.6 is 33.9 Å². The summed E-state index contributed by atoms with van der Waals surface area (Å²) >= 11 is 3.51. The third-order valence-electron chi connectivity index (χ3n) is 6.65. The first-order chi connectivity index (χ1) is 19.9. The van der Waals surface area contributed by atoms with E-state index in [-0.39, 0.29) is 12.2 Å². The molecule has 5 rings (SSSR count). The maximum absolute atomic E-state index is 14.1. The lowest BCUT2D eigenvalue weighted by Gasteiger charge is -2.27. The van der Waals surface area contributed by atoms with Gasteiger partial charge >= 0.3 is 5.97 Å². The predicted octanol–water partition coefficient (Wildman–Crippen LogP) is 5.46. The summed E-state index contributed by atoms with van der Waals surface area (Å²) in [6, 6.07) is 16.2. The largest absolute Gasteiger partial charge is 0.497 e. The van der Waals surface area contributed by atoms with Gasteiger partial charge in [-0.05, 0) is 78.4 Å². The minimum atomic E-state index is -0.821. The van der Waals surface area contributed by atoms with E-state index >= 15 is 0 Å². The molecule has 1 aliphatic heterocycles. The molecule has 0 aliphatic carbocycles. The van der Waals surface area contributed by atoms with Gasteiger partial charge in [0.1, 0.15) is 29.1 Å². The molecule has 2 aromatic carbocycles. The van der Waals surface area contributed by atoms with E-state index in [0.717, 1.165) is 15.6 Å². The zero-order valence-corrected chi connectivity index (χ0v) is 26.1. The second kappa shape index (κ2) is 12.5. The Morgan fingerprint density at radius 1 is 1.10 bits per heavy atom. The Labute approximate surface area is 254 Å². The maximum Gasteiger partial charge on any atom is 0.338 e. The molecule has 0 unspecified atom stereocenters. The first-order valence-corrected chi connectivity index (χ1v) is 15.1. The van der Waals surface area contributed by atoms with Crippen LogP contribution in [0.1, 0.15) is 44.1 Å². The normalized spacial score (nSPS) is 15.0. The van der Waals surface area contributed by atoms with Crippen molar-refractivity contribution in [3.63, 3.8) is 0 Å². The van der Waals surface area contributed by atoms with Crippen LogP contribution < -0.4 is 24.4 Å². The molecule has 0 spiro atoms. The van der Waals surface area contributed by atoms with Crippen molar-refractivity contribution in [3.8, 4) is 22.8 Å². The number of thiazole rings is 1. The predicted molar refractivity (Wildman–Crippen MR) is 166 cm³/mol. The number of ether oxygens (including phenoxy) is 3. The smallest absolute Gasteiger partial charge is 0.338 e. The van der Waals surface area contributed by atoms with E-state index in [1.807, 2.05) is 43.3 Å². The van der Waals surface area contributed by atoms with Gasteiger partial charge in [-0.2, -0.15) is 0 Å². The van der Waals surface area contributed by atoms with Crippen molar-refractivity contribution in [1.82, 2.24) is 4.57 Å². The Kier molecular flexibility index (Phi) is 8.79. The van der Waals surface area contributed by atoms with Crippen molar-refractivity contribution in [3.05, 3.63) is 100 Å². The van der Waals surface area contributed by atoms with Crippen molar-refractivity contribution in [2.24, 2.45) is 4.99 Å². The summed E-state index contributed by atoms with van der Waals surface area (Å²) in [5, 5.41) is 0. The Balaban J connectivity index is 1.72. The van der Waals surface area contributed by atoms with Crippen molar-refractivity contribution >= 4 is 46.0 Å². The number of aromatic nitrogens is 1. The number of halogens is 1. The molecule has 1 atom stereocenters. The first kappa shape index (κ1) is 28.9. The molecule has 4 aromatic rings. The van der Waals surface area contributed by atoms with Gasteiger partial charge in [-0.1, -0.05) is 36.8 Å². The molecule has 0 fully saturated rings. The standard InChI is InChI=1S/C31H29IN2O6S/c1-5-7-23-27(30(36)39-6-2)28(22-16-20(37-3)12-15-25(22)38-4)34-29(35)26(41-31(34)33-23)17-21-13-14-24(40-21)18-8-10-19(32)11-9-18/h8-17,28H,5-7H2,1-4H3/b26-17-/t28-/m0/s1. The van der Waals surface area contributed by atoms with Crippen LogP contribution in [-0.2, 0) is 9.53 Å². The number of rotatable bonds is 9. The summed E-state index contributed by atoms with van der Waals surface area (Å²) in [7, 11) is 3.12. The molecule has 1 aliphatic rings. The van der Waals surface area contributed by atoms with E-state index in [1.165, 1.54) is 11.3 Å². The summed E-state index contributed by atoms with van der Waals surface area (Å²) < 4.78 is 25.9. The van der Waals surface area contributed by atoms with Gasteiger partial charge in [-0.25, -0.2) is 9.79 Å². The van der Waals surface area contributed by atoms with E-state index in [9.17, 15) is 9.59 Å². The molecule has 2 aromatic heterocycles. The van der Waals surface area contributed by atoms with Gasteiger partial charge < -0.3 is 18.6 Å².